The molecule has 0 spiro atoms. The molecule has 0 amide bonds. The first-order valence-electron chi connectivity index (χ1n) is 7.34. The number of aryl methyl sites for hydroxylation is 2. The van der Waals surface area contributed by atoms with E-state index in [-0.39, 0.29) is 0 Å². The highest BCUT2D eigenvalue weighted by Gasteiger charge is 2.49. The van der Waals surface area contributed by atoms with Crippen molar-refractivity contribution < 1.29 is 0 Å². The highest BCUT2D eigenvalue weighted by molar-refractivity contribution is 5.03. The van der Waals surface area contributed by atoms with Gasteiger partial charge in [-0.15, -0.1) is 0 Å². The number of rotatable bonds is 5. The van der Waals surface area contributed by atoms with Crippen molar-refractivity contribution in [3.05, 3.63) is 18.2 Å². The molecule has 0 saturated heterocycles. The summed E-state index contributed by atoms with van der Waals surface area (Å²) in [5.74, 6) is 3.23. The minimum atomic E-state index is 0.559. The van der Waals surface area contributed by atoms with Crippen molar-refractivity contribution >= 4 is 0 Å². The molecule has 3 rings (SSSR count). The Morgan fingerprint density at radius 3 is 2.94 bits per heavy atom. The Morgan fingerprint density at radius 1 is 1.50 bits per heavy atom. The summed E-state index contributed by atoms with van der Waals surface area (Å²) < 4.78 is 2.17. The maximum absolute atomic E-state index is 4.47. The molecule has 0 aliphatic heterocycles. The van der Waals surface area contributed by atoms with Gasteiger partial charge >= 0.3 is 0 Å². The zero-order valence-corrected chi connectivity index (χ0v) is 11.7. The second kappa shape index (κ2) is 4.69. The minimum Gasteiger partial charge on any atom is -0.338 e. The number of fused-ring (bicyclic) bond motifs is 2. The van der Waals surface area contributed by atoms with Crippen molar-refractivity contribution in [1.82, 2.24) is 14.9 Å². The van der Waals surface area contributed by atoms with Gasteiger partial charge in [-0.25, -0.2) is 4.98 Å². The van der Waals surface area contributed by atoms with E-state index < -0.39 is 0 Å². The predicted molar refractivity (Wildman–Crippen MR) is 73.3 cm³/mol. The van der Waals surface area contributed by atoms with Gasteiger partial charge in [0.25, 0.3) is 0 Å². The normalized spacial score (nSPS) is 34.3. The third kappa shape index (κ3) is 1.99. The number of aromatic nitrogens is 2. The quantitative estimate of drug-likeness (QED) is 0.866. The SMILES string of the molecule is CNCC1(CCc2nccn2C)CC2CCC1C2. The second-order valence-electron chi connectivity index (χ2n) is 6.43. The van der Waals surface area contributed by atoms with Gasteiger partial charge in [0.1, 0.15) is 5.82 Å². The molecule has 1 N–H and O–H groups in total. The lowest BCUT2D eigenvalue weighted by atomic mass is 9.70. The van der Waals surface area contributed by atoms with Crippen molar-refractivity contribution in [2.45, 2.75) is 38.5 Å². The molecule has 3 unspecified atom stereocenters. The third-order valence-corrected chi connectivity index (χ3v) is 5.40. The van der Waals surface area contributed by atoms with Crippen LogP contribution in [0, 0.1) is 17.3 Å². The molecule has 2 saturated carbocycles. The molecule has 2 fully saturated rings. The fourth-order valence-electron chi connectivity index (χ4n) is 4.52. The van der Waals surface area contributed by atoms with Crippen molar-refractivity contribution in [3.8, 4) is 0 Å². The fraction of sp³-hybridized carbons (Fsp3) is 0.800. The molecule has 18 heavy (non-hydrogen) atoms. The molecular weight excluding hydrogens is 222 g/mol. The van der Waals surface area contributed by atoms with Gasteiger partial charge in [-0.05, 0) is 50.0 Å². The van der Waals surface area contributed by atoms with Gasteiger partial charge in [0, 0.05) is 32.4 Å². The summed E-state index contributed by atoms with van der Waals surface area (Å²) in [5.41, 5.74) is 0.559. The van der Waals surface area contributed by atoms with Crippen LogP contribution in [0.25, 0.3) is 0 Å². The van der Waals surface area contributed by atoms with E-state index in [1.54, 1.807) is 0 Å². The first kappa shape index (κ1) is 12.2. The number of hydrogen-bond donors (Lipinski definition) is 1. The number of imidazole rings is 1. The average Bonchev–Trinajstić information content (AvgIpc) is 3.03. The molecule has 1 aromatic rings. The smallest absolute Gasteiger partial charge is 0.108 e. The maximum atomic E-state index is 4.47. The van der Waals surface area contributed by atoms with Crippen molar-refractivity contribution in [1.29, 1.82) is 0 Å². The highest BCUT2D eigenvalue weighted by atomic mass is 15.0. The van der Waals surface area contributed by atoms with Gasteiger partial charge < -0.3 is 9.88 Å². The van der Waals surface area contributed by atoms with Crippen LogP contribution >= 0.6 is 0 Å². The van der Waals surface area contributed by atoms with E-state index in [2.05, 4.69) is 35.2 Å². The van der Waals surface area contributed by atoms with E-state index in [4.69, 9.17) is 0 Å². The van der Waals surface area contributed by atoms with Gasteiger partial charge in [0.15, 0.2) is 0 Å². The number of nitrogens with one attached hydrogen (secondary N) is 1. The van der Waals surface area contributed by atoms with Gasteiger partial charge in [-0.1, -0.05) is 6.42 Å². The van der Waals surface area contributed by atoms with Crippen LogP contribution in [-0.4, -0.2) is 23.1 Å². The Balaban J connectivity index is 1.70. The Kier molecular flexibility index (Phi) is 3.18. The number of hydrogen-bond acceptors (Lipinski definition) is 2. The molecule has 2 aliphatic carbocycles. The van der Waals surface area contributed by atoms with E-state index in [9.17, 15) is 0 Å². The van der Waals surface area contributed by atoms with E-state index >= 15 is 0 Å². The molecule has 2 bridgehead atoms. The second-order valence-corrected chi connectivity index (χ2v) is 6.43. The van der Waals surface area contributed by atoms with Gasteiger partial charge in [0.05, 0.1) is 0 Å². The summed E-state index contributed by atoms with van der Waals surface area (Å²) in [7, 11) is 4.21. The summed E-state index contributed by atoms with van der Waals surface area (Å²) in [6, 6.07) is 0. The summed E-state index contributed by atoms with van der Waals surface area (Å²) in [6.07, 6.45) is 12.3. The zero-order chi connectivity index (χ0) is 12.6. The monoisotopic (exact) mass is 247 g/mol. The average molecular weight is 247 g/mol. The molecule has 0 aromatic carbocycles. The molecule has 100 valence electrons. The van der Waals surface area contributed by atoms with Gasteiger partial charge in [-0.2, -0.15) is 0 Å². The zero-order valence-electron chi connectivity index (χ0n) is 11.7. The molecule has 3 atom stereocenters. The van der Waals surface area contributed by atoms with Gasteiger partial charge in [0.2, 0.25) is 0 Å². The van der Waals surface area contributed by atoms with Gasteiger partial charge in [-0.3, -0.25) is 0 Å². The van der Waals surface area contributed by atoms with Crippen LogP contribution in [0.3, 0.4) is 0 Å². The lowest BCUT2D eigenvalue weighted by Crippen LogP contribution is -2.38. The summed E-state index contributed by atoms with van der Waals surface area (Å²) in [5, 5.41) is 3.45. The van der Waals surface area contributed by atoms with E-state index in [1.807, 2.05) is 6.20 Å². The minimum absolute atomic E-state index is 0.559. The standard InChI is InChI=1S/C15H25N3/c1-16-11-15(10-12-3-4-13(15)9-12)6-5-14-17-7-8-18(14)2/h7-8,12-13,16H,3-6,9-11H2,1-2H3. The van der Waals surface area contributed by atoms with Crippen LogP contribution in [0.2, 0.25) is 0 Å². The molecule has 1 aromatic heterocycles. The summed E-state index contributed by atoms with van der Waals surface area (Å²) in [4.78, 5) is 4.47. The predicted octanol–water partition coefficient (Wildman–Crippen LogP) is 2.38. The summed E-state index contributed by atoms with van der Waals surface area (Å²) >= 11 is 0. The highest BCUT2D eigenvalue weighted by Crippen LogP contribution is 2.57. The lowest BCUT2D eigenvalue weighted by Gasteiger charge is -2.38. The van der Waals surface area contributed by atoms with Crippen LogP contribution in [0.1, 0.15) is 37.9 Å². The molecular formula is C15H25N3. The van der Waals surface area contributed by atoms with Crippen LogP contribution in [0.15, 0.2) is 12.4 Å². The topological polar surface area (TPSA) is 29.9 Å². The van der Waals surface area contributed by atoms with Crippen molar-refractivity contribution in [2.75, 3.05) is 13.6 Å². The first-order valence-corrected chi connectivity index (χ1v) is 7.34. The van der Waals surface area contributed by atoms with E-state index in [1.165, 1.54) is 44.5 Å². The van der Waals surface area contributed by atoms with Crippen LogP contribution in [0.4, 0.5) is 0 Å². The van der Waals surface area contributed by atoms with Crippen LogP contribution in [-0.2, 0) is 13.5 Å². The fourth-order valence-corrected chi connectivity index (χ4v) is 4.52. The molecule has 3 heteroatoms. The molecule has 0 radical (unpaired) electrons. The summed E-state index contributed by atoms with van der Waals surface area (Å²) in [6.45, 7) is 1.19. The molecule has 2 aliphatic rings. The van der Waals surface area contributed by atoms with Crippen LogP contribution in [0.5, 0.6) is 0 Å². The lowest BCUT2D eigenvalue weighted by molar-refractivity contribution is 0.145. The number of nitrogens with zero attached hydrogens (tertiary/aromatic N) is 2. The van der Waals surface area contributed by atoms with Crippen molar-refractivity contribution in [2.24, 2.45) is 24.3 Å². The van der Waals surface area contributed by atoms with Crippen molar-refractivity contribution in [3.63, 3.8) is 0 Å². The van der Waals surface area contributed by atoms with E-state index in [0.717, 1.165) is 18.3 Å². The Bertz CT molecular complexity index is 412. The Labute approximate surface area is 110 Å². The van der Waals surface area contributed by atoms with E-state index in [0.29, 0.717) is 5.41 Å². The Morgan fingerprint density at radius 2 is 2.39 bits per heavy atom. The maximum Gasteiger partial charge on any atom is 0.108 e. The third-order valence-electron chi connectivity index (χ3n) is 5.40. The largest absolute Gasteiger partial charge is 0.338 e. The van der Waals surface area contributed by atoms with Crippen LogP contribution < -0.4 is 5.32 Å². The molecule has 3 nitrogen and oxygen atoms in total. The Hall–Kier alpha value is -0.830. The molecule has 1 heterocycles. The first-order chi connectivity index (χ1) is 8.73.